The molecule has 1 N–H and O–H groups in total. The molecule has 1 rings (SSSR count). The average molecular weight is 285 g/mol. The van der Waals surface area contributed by atoms with Crippen LogP contribution in [-0.2, 0) is 9.53 Å². The molecule has 1 atom stereocenters. The highest BCUT2D eigenvalue weighted by molar-refractivity contribution is 5.96. The number of esters is 1. The van der Waals surface area contributed by atoms with Crippen molar-refractivity contribution in [1.82, 2.24) is 5.32 Å². The molecular formula is C14H17F2NO3. The van der Waals surface area contributed by atoms with E-state index >= 15 is 0 Å². The van der Waals surface area contributed by atoms with Crippen molar-refractivity contribution in [2.75, 3.05) is 6.61 Å². The van der Waals surface area contributed by atoms with Gasteiger partial charge in [-0.2, -0.15) is 0 Å². The molecule has 0 saturated heterocycles. The number of rotatable bonds is 6. The number of hydrogen-bond acceptors (Lipinski definition) is 3. The van der Waals surface area contributed by atoms with Gasteiger partial charge in [0.05, 0.1) is 6.61 Å². The summed E-state index contributed by atoms with van der Waals surface area (Å²) in [6.45, 7) is 3.72. The third kappa shape index (κ3) is 4.60. The molecule has 1 aromatic carbocycles. The van der Waals surface area contributed by atoms with Gasteiger partial charge >= 0.3 is 5.97 Å². The Morgan fingerprint density at radius 1 is 1.30 bits per heavy atom. The van der Waals surface area contributed by atoms with Crippen LogP contribution < -0.4 is 5.32 Å². The zero-order valence-electron chi connectivity index (χ0n) is 11.4. The lowest BCUT2D eigenvalue weighted by Crippen LogP contribution is -2.39. The second-order valence-corrected chi connectivity index (χ2v) is 4.35. The van der Waals surface area contributed by atoms with Crippen molar-refractivity contribution in [2.45, 2.75) is 32.7 Å². The molecule has 0 aliphatic rings. The molecule has 1 amide bonds. The Morgan fingerprint density at radius 2 is 2.00 bits per heavy atom. The smallest absolute Gasteiger partial charge is 0.328 e. The molecular weight excluding hydrogens is 268 g/mol. The fourth-order valence-corrected chi connectivity index (χ4v) is 1.42. The van der Waals surface area contributed by atoms with E-state index in [2.05, 4.69) is 5.32 Å². The highest BCUT2D eigenvalue weighted by atomic mass is 19.2. The van der Waals surface area contributed by atoms with Gasteiger partial charge in [0, 0.05) is 5.56 Å². The van der Waals surface area contributed by atoms with Crippen LogP contribution in [0.2, 0.25) is 0 Å². The number of amides is 1. The van der Waals surface area contributed by atoms with E-state index in [-0.39, 0.29) is 5.56 Å². The Bertz CT molecular complexity index is 491. The van der Waals surface area contributed by atoms with Gasteiger partial charge in [-0.1, -0.05) is 13.3 Å². The van der Waals surface area contributed by atoms with E-state index in [1.165, 1.54) is 6.92 Å². The first-order valence-electron chi connectivity index (χ1n) is 6.38. The molecule has 4 nitrogen and oxygen atoms in total. The minimum absolute atomic E-state index is 0.0582. The molecule has 0 bridgehead atoms. The van der Waals surface area contributed by atoms with E-state index in [1.807, 2.05) is 6.92 Å². The van der Waals surface area contributed by atoms with Crippen LogP contribution in [-0.4, -0.2) is 24.5 Å². The van der Waals surface area contributed by atoms with Gasteiger partial charge in [0.25, 0.3) is 5.91 Å². The van der Waals surface area contributed by atoms with Crippen LogP contribution in [0.3, 0.4) is 0 Å². The van der Waals surface area contributed by atoms with Crippen LogP contribution in [0.1, 0.15) is 37.0 Å². The van der Waals surface area contributed by atoms with Crippen LogP contribution in [0.5, 0.6) is 0 Å². The van der Waals surface area contributed by atoms with Crippen LogP contribution >= 0.6 is 0 Å². The topological polar surface area (TPSA) is 55.4 Å². The van der Waals surface area contributed by atoms with E-state index in [9.17, 15) is 18.4 Å². The average Bonchev–Trinajstić information content (AvgIpc) is 2.41. The summed E-state index contributed by atoms with van der Waals surface area (Å²) in [7, 11) is 0. The van der Waals surface area contributed by atoms with Crippen molar-refractivity contribution in [3.63, 3.8) is 0 Å². The first-order valence-corrected chi connectivity index (χ1v) is 6.38. The molecule has 1 unspecified atom stereocenters. The largest absolute Gasteiger partial charge is 0.464 e. The summed E-state index contributed by atoms with van der Waals surface area (Å²) < 4.78 is 30.7. The van der Waals surface area contributed by atoms with Gasteiger partial charge < -0.3 is 10.1 Å². The van der Waals surface area contributed by atoms with Gasteiger partial charge in [-0.25, -0.2) is 13.6 Å². The van der Waals surface area contributed by atoms with E-state index in [0.717, 1.165) is 31.0 Å². The Hall–Kier alpha value is -1.98. The summed E-state index contributed by atoms with van der Waals surface area (Å²) in [5.41, 5.74) is -0.0582. The monoisotopic (exact) mass is 285 g/mol. The number of benzene rings is 1. The molecule has 0 aromatic heterocycles. The molecule has 0 aliphatic heterocycles. The van der Waals surface area contributed by atoms with Crippen molar-refractivity contribution in [2.24, 2.45) is 0 Å². The maximum atomic E-state index is 13.0. The number of carbonyl (C=O) groups excluding carboxylic acids is 2. The molecule has 0 saturated carbocycles. The fraction of sp³-hybridized carbons (Fsp3) is 0.429. The van der Waals surface area contributed by atoms with Crippen LogP contribution in [0.25, 0.3) is 0 Å². The molecule has 0 heterocycles. The zero-order chi connectivity index (χ0) is 15.1. The van der Waals surface area contributed by atoms with Crippen LogP contribution in [0.15, 0.2) is 18.2 Å². The maximum Gasteiger partial charge on any atom is 0.328 e. The summed E-state index contributed by atoms with van der Waals surface area (Å²) in [6, 6.07) is 1.92. The molecule has 6 heteroatoms. The lowest BCUT2D eigenvalue weighted by molar-refractivity contribution is -0.145. The minimum Gasteiger partial charge on any atom is -0.464 e. The molecule has 20 heavy (non-hydrogen) atoms. The minimum atomic E-state index is -1.11. The molecule has 1 aromatic rings. The van der Waals surface area contributed by atoms with Gasteiger partial charge in [0.2, 0.25) is 0 Å². The van der Waals surface area contributed by atoms with Gasteiger partial charge in [-0.05, 0) is 31.5 Å². The molecule has 0 aliphatic carbocycles. The van der Waals surface area contributed by atoms with E-state index in [0.29, 0.717) is 6.61 Å². The van der Waals surface area contributed by atoms with E-state index in [4.69, 9.17) is 4.74 Å². The van der Waals surface area contributed by atoms with Gasteiger partial charge in [-0.15, -0.1) is 0 Å². The molecule has 110 valence electrons. The second-order valence-electron chi connectivity index (χ2n) is 4.35. The van der Waals surface area contributed by atoms with Crippen LogP contribution in [0, 0.1) is 11.6 Å². The highest BCUT2D eigenvalue weighted by Gasteiger charge is 2.18. The third-order valence-corrected chi connectivity index (χ3v) is 2.63. The Morgan fingerprint density at radius 3 is 2.60 bits per heavy atom. The van der Waals surface area contributed by atoms with Gasteiger partial charge in [-0.3, -0.25) is 4.79 Å². The molecule has 0 radical (unpaired) electrons. The number of unbranched alkanes of at least 4 members (excludes halogenated alkanes) is 1. The van der Waals surface area contributed by atoms with Crippen molar-refractivity contribution in [3.05, 3.63) is 35.4 Å². The first kappa shape index (κ1) is 16.1. The number of halogens is 2. The number of hydrogen-bond donors (Lipinski definition) is 1. The summed E-state index contributed by atoms with van der Waals surface area (Å²) in [5.74, 6) is -3.37. The summed E-state index contributed by atoms with van der Waals surface area (Å²) in [4.78, 5) is 23.3. The molecule has 0 fully saturated rings. The van der Waals surface area contributed by atoms with E-state index in [1.54, 1.807) is 0 Å². The quantitative estimate of drug-likeness (QED) is 0.645. The fourth-order valence-electron chi connectivity index (χ4n) is 1.42. The van der Waals surface area contributed by atoms with Crippen molar-refractivity contribution in [1.29, 1.82) is 0 Å². The summed E-state index contributed by atoms with van der Waals surface area (Å²) in [6.07, 6.45) is 1.64. The zero-order valence-corrected chi connectivity index (χ0v) is 11.4. The predicted octanol–water partition coefficient (Wildman–Crippen LogP) is 2.43. The Labute approximate surface area is 116 Å². The standard InChI is InChI=1S/C14H17F2NO3/c1-3-4-7-20-14(19)9(2)17-13(18)10-5-6-11(15)12(16)8-10/h5-6,8-9H,3-4,7H2,1-2H3,(H,17,18). The predicted molar refractivity (Wildman–Crippen MR) is 69.2 cm³/mol. The lowest BCUT2D eigenvalue weighted by Gasteiger charge is -2.13. The SMILES string of the molecule is CCCCOC(=O)C(C)NC(=O)c1ccc(F)c(F)c1. The summed E-state index contributed by atoms with van der Waals surface area (Å²) in [5, 5.41) is 2.37. The van der Waals surface area contributed by atoms with E-state index < -0.39 is 29.6 Å². The van der Waals surface area contributed by atoms with Gasteiger partial charge in [0.15, 0.2) is 11.6 Å². The highest BCUT2D eigenvalue weighted by Crippen LogP contribution is 2.08. The van der Waals surface area contributed by atoms with Crippen molar-refractivity contribution >= 4 is 11.9 Å². The normalized spacial score (nSPS) is 11.8. The Balaban J connectivity index is 2.56. The first-order chi connectivity index (χ1) is 9.45. The summed E-state index contributed by atoms with van der Waals surface area (Å²) >= 11 is 0. The van der Waals surface area contributed by atoms with Crippen LogP contribution in [0.4, 0.5) is 8.78 Å². The lowest BCUT2D eigenvalue weighted by atomic mass is 10.2. The molecule has 0 spiro atoms. The van der Waals surface area contributed by atoms with Crippen molar-refractivity contribution in [3.8, 4) is 0 Å². The third-order valence-electron chi connectivity index (χ3n) is 2.63. The number of carbonyl (C=O) groups is 2. The van der Waals surface area contributed by atoms with Gasteiger partial charge in [0.1, 0.15) is 6.04 Å². The Kier molecular flexibility index (Phi) is 6.09. The maximum absolute atomic E-state index is 13.0. The second kappa shape index (κ2) is 7.57. The number of nitrogens with one attached hydrogen (secondary N) is 1. The van der Waals surface area contributed by atoms with Crippen molar-refractivity contribution < 1.29 is 23.1 Å². The number of ether oxygens (including phenoxy) is 1.